The van der Waals surface area contributed by atoms with Gasteiger partial charge in [0.25, 0.3) is 0 Å². The highest BCUT2D eigenvalue weighted by Crippen LogP contribution is 2.34. The van der Waals surface area contributed by atoms with Gasteiger partial charge in [-0.05, 0) is 0 Å². The third-order valence-corrected chi connectivity index (χ3v) is 2.24. The summed E-state index contributed by atoms with van der Waals surface area (Å²) in [5.74, 6) is -4.65. The fraction of sp³-hybridized carbons (Fsp3) is 0.222. The maximum Gasteiger partial charge on any atom is 0.337 e. The molecule has 0 aliphatic heterocycles. The first kappa shape index (κ1) is 12.7. The van der Waals surface area contributed by atoms with Crippen LogP contribution in [0.3, 0.4) is 0 Å². The molecule has 0 saturated carbocycles. The molecule has 4 nitrogen and oxygen atoms in total. The number of hydrogen-bond donors (Lipinski definition) is 2. The Bertz CT molecular complexity index is 436. The lowest BCUT2D eigenvalue weighted by Gasteiger charge is -2.12. The van der Waals surface area contributed by atoms with Crippen molar-refractivity contribution in [1.82, 2.24) is 0 Å². The Labute approximate surface area is 94.0 Å². The van der Waals surface area contributed by atoms with Crippen molar-refractivity contribution in [1.29, 1.82) is 0 Å². The van der Waals surface area contributed by atoms with Crippen molar-refractivity contribution < 1.29 is 28.5 Å². The number of aliphatic carboxylic acids is 1. The summed E-state index contributed by atoms with van der Waals surface area (Å²) in [4.78, 5) is 10.4. The molecular weight excluding hydrogens is 246 g/mol. The Morgan fingerprint density at radius 2 is 2.12 bits per heavy atom. The second-order valence-electron chi connectivity index (χ2n) is 2.84. The van der Waals surface area contributed by atoms with Gasteiger partial charge in [0.1, 0.15) is 16.6 Å². The first-order chi connectivity index (χ1) is 7.40. The van der Waals surface area contributed by atoms with Gasteiger partial charge in [-0.15, -0.1) is 0 Å². The van der Waals surface area contributed by atoms with Gasteiger partial charge >= 0.3 is 5.97 Å². The highest BCUT2D eigenvalue weighted by atomic mass is 35.5. The second kappa shape index (κ2) is 4.63. The van der Waals surface area contributed by atoms with Crippen molar-refractivity contribution in [2.45, 2.75) is 6.10 Å². The molecule has 1 aromatic carbocycles. The lowest BCUT2D eigenvalue weighted by Crippen LogP contribution is -2.14. The van der Waals surface area contributed by atoms with E-state index in [9.17, 15) is 13.6 Å². The fourth-order valence-corrected chi connectivity index (χ4v) is 1.34. The average molecular weight is 253 g/mol. The Balaban J connectivity index is 3.41. The number of aliphatic hydroxyl groups is 1. The number of ether oxygens (including phenoxy) is 1. The minimum atomic E-state index is -2.32. The number of aliphatic hydroxyl groups excluding tert-OH is 1. The smallest absolute Gasteiger partial charge is 0.337 e. The maximum absolute atomic E-state index is 13.4. The molecule has 0 bridgehead atoms. The zero-order chi connectivity index (χ0) is 12.5. The highest BCUT2D eigenvalue weighted by Gasteiger charge is 2.27. The van der Waals surface area contributed by atoms with Gasteiger partial charge < -0.3 is 14.9 Å². The van der Waals surface area contributed by atoms with E-state index in [1.54, 1.807) is 0 Å². The molecule has 0 aromatic heterocycles. The fourth-order valence-electron chi connectivity index (χ4n) is 1.11. The molecule has 0 heterocycles. The van der Waals surface area contributed by atoms with E-state index < -0.39 is 34.3 Å². The number of carbonyl (C=O) groups is 1. The van der Waals surface area contributed by atoms with E-state index in [2.05, 4.69) is 4.74 Å². The zero-order valence-electron chi connectivity index (χ0n) is 8.00. The summed E-state index contributed by atoms with van der Waals surface area (Å²) in [5.41, 5.74) is -1.02. The standard InChI is InChI=1S/C9H7ClF2O4/c1-16-4-2-3(11)5(7(12)6(4)10)8(13)9(14)15/h2,8,13H,1H3,(H,14,15). The normalized spacial score (nSPS) is 12.3. The quantitative estimate of drug-likeness (QED) is 0.804. The molecule has 0 aliphatic rings. The average Bonchev–Trinajstić information content (AvgIpc) is 2.23. The van der Waals surface area contributed by atoms with E-state index in [1.807, 2.05) is 0 Å². The number of hydrogen-bond acceptors (Lipinski definition) is 3. The Morgan fingerprint density at radius 1 is 1.56 bits per heavy atom. The number of carboxylic acid groups (broad SMARTS) is 1. The van der Waals surface area contributed by atoms with E-state index in [1.165, 1.54) is 0 Å². The molecule has 1 atom stereocenters. The largest absolute Gasteiger partial charge is 0.495 e. The Hall–Kier alpha value is -1.40. The molecule has 7 heteroatoms. The van der Waals surface area contributed by atoms with E-state index in [0.717, 1.165) is 7.11 Å². The molecule has 2 N–H and O–H groups in total. The topological polar surface area (TPSA) is 66.8 Å². The lowest BCUT2D eigenvalue weighted by atomic mass is 10.1. The van der Waals surface area contributed by atoms with Crippen molar-refractivity contribution in [3.05, 3.63) is 28.3 Å². The van der Waals surface area contributed by atoms with Gasteiger partial charge in [0.15, 0.2) is 11.9 Å². The van der Waals surface area contributed by atoms with Crippen LogP contribution in [0.15, 0.2) is 6.07 Å². The molecule has 0 amide bonds. The van der Waals surface area contributed by atoms with Gasteiger partial charge in [0.05, 0.1) is 12.7 Å². The van der Waals surface area contributed by atoms with Crippen molar-refractivity contribution >= 4 is 17.6 Å². The summed E-state index contributed by atoms with van der Waals surface area (Å²) in [6, 6.07) is 0.701. The summed E-state index contributed by atoms with van der Waals surface area (Å²) in [6.07, 6.45) is -2.32. The predicted molar refractivity (Wildman–Crippen MR) is 50.5 cm³/mol. The van der Waals surface area contributed by atoms with Gasteiger partial charge in [0.2, 0.25) is 0 Å². The summed E-state index contributed by atoms with van der Waals surface area (Å²) in [7, 11) is 1.15. The first-order valence-corrected chi connectivity index (χ1v) is 4.40. The molecule has 0 saturated heterocycles. The van der Waals surface area contributed by atoms with E-state index >= 15 is 0 Å². The Kier molecular flexibility index (Phi) is 3.66. The van der Waals surface area contributed by atoms with Crippen molar-refractivity contribution in [2.75, 3.05) is 7.11 Å². The van der Waals surface area contributed by atoms with Crippen molar-refractivity contribution in [3.8, 4) is 5.75 Å². The van der Waals surface area contributed by atoms with Gasteiger partial charge in [-0.2, -0.15) is 0 Å². The molecule has 88 valence electrons. The van der Waals surface area contributed by atoms with Crippen LogP contribution >= 0.6 is 11.6 Å². The zero-order valence-corrected chi connectivity index (χ0v) is 8.76. The number of benzene rings is 1. The molecule has 0 fully saturated rings. The number of methoxy groups -OCH3 is 1. The van der Waals surface area contributed by atoms with Gasteiger partial charge in [-0.25, -0.2) is 13.6 Å². The van der Waals surface area contributed by atoms with Crippen LogP contribution < -0.4 is 4.74 Å². The summed E-state index contributed by atoms with van der Waals surface area (Å²) >= 11 is 5.45. The predicted octanol–water partition coefficient (Wildman–Crippen LogP) is 1.74. The van der Waals surface area contributed by atoms with Crippen LogP contribution in [0.25, 0.3) is 0 Å². The minimum Gasteiger partial charge on any atom is -0.495 e. The number of rotatable bonds is 3. The van der Waals surface area contributed by atoms with E-state index in [4.69, 9.17) is 21.8 Å². The molecule has 1 unspecified atom stereocenters. The molecule has 16 heavy (non-hydrogen) atoms. The van der Waals surface area contributed by atoms with Crippen LogP contribution in [0.4, 0.5) is 8.78 Å². The lowest BCUT2D eigenvalue weighted by molar-refractivity contribution is -0.147. The van der Waals surface area contributed by atoms with Gasteiger partial charge in [-0.3, -0.25) is 0 Å². The van der Waals surface area contributed by atoms with Crippen LogP contribution in [0.5, 0.6) is 5.75 Å². The van der Waals surface area contributed by atoms with Crippen molar-refractivity contribution in [2.24, 2.45) is 0 Å². The second-order valence-corrected chi connectivity index (χ2v) is 3.22. The molecule has 0 aliphatic carbocycles. The van der Waals surface area contributed by atoms with Gasteiger partial charge in [0, 0.05) is 6.07 Å². The molecular formula is C9H7ClF2O4. The summed E-state index contributed by atoms with van der Waals surface area (Å²) < 4.78 is 31.3. The summed E-state index contributed by atoms with van der Waals surface area (Å²) in [5, 5.41) is 16.9. The monoisotopic (exact) mass is 252 g/mol. The molecule has 0 spiro atoms. The molecule has 0 radical (unpaired) electrons. The maximum atomic E-state index is 13.4. The third-order valence-electron chi connectivity index (χ3n) is 1.89. The van der Waals surface area contributed by atoms with E-state index in [0.29, 0.717) is 6.07 Å². The van der Waals surface area contributed by atoms with Crippen LogP contribution in [-0.4, -0.2) is 23.3 Å². The molecule has 1 rings (SSSR count). The SMILES string of the molecule is COc1cc(F)c(C(O)C(=O)O)c(F)c1Cl. The highest BCUT2D eigenvalue weighted by molar-refractivity contribution is 6.32. The van der Waals surface area contributed by atoms with Crippen LogP contribution in [0.1, 0.15) is 11.7 Å². The van der Waals surface area contributed by atoms with Crippen LogP contribution in [-0.2, 0) is 4.79 Å². The van der Waals surface area contributed by atoms with E-state index in [-0.39, 0.29) is 5.75 Å². The third kappa shape index (κ3) is 2.07. The Morgan fingerprint density at radius 3 is 2.56 bits per heavy atom. The minimum absolute atomic E-state index is 0.280. The number of halogens is 3. The van der Waals surface area contributed by atoms with Gasteiger partial charge in [-0.1, -0.05) is 11.6 Å². The van der Waals surface area contributed by atoms with Crippen LogP contribution in [0.2, 0.25) is 5.02 Å². The van der Waals surface area contributed by atoms with Crippen molar-refractivity contribution in [3.63, 3.8) is 0 Å². The van der Waals surface area contributed by atoms with Crippen LogP contribution in [0, 0.1) is 11.6 Å². The first-order valence-electron chi connectivity index (χ1n) is 4.02. The molecule has 1 aromatic rings. The number of carboxylic acids is 1. The summed E-state index contributed by atoms with van der Waals surface area (Å²) in [6.45, 7) is 0.